The van der Waals surface area contributed by atoms with Crippen molar-refractivity contribution >= 4 is 58.3 Å². The third kappa shape index (κ3) is 3.89. The van der Waals surface area contributed by atoms with E-state index in [9.17, 15) is 4.79 Å². The van der Waals surface area contributed by atoms with Crippen LogP contribution in [0.25, 0.3) is 0 Å². The number of hydrogen-bond donors (Lipinski definition) is 1. The predicted molar refractivity (Wildman–Crippen MR) is 98.8 cm³/mol. The Balaban J connectivity index is 1.79. The van der Waals surface area contributed by atoms with Crippen LogP contribution in [0.3, 0.4) is 0 Å². The smallest absolute Gasteiger partial charge is 0.308 e. The zero-order chi connectivity index (χ0) is 16.4. The van der Waals surface area contributed by atoms with Crippen molar-refractivity contribution in [3.8, 4) is 0 Å². The van der Waals surface area contributed by atoms with E-state index in [1.807, 2.05) is 6.07 Å². The normalized spacial score (nSPS) is 17.3. The number of nitrogens with one attached hydrogen (secondary N) is 1. The first kappa shape index (κ1) is 16.8. The fourth-order valence-corrected chi connectivity index (χ4v) is 4.46. The van der Waals surface area contributed by atoms with Crippen LogP contribution in [0, 0.1) is 0 Å². The van der Waals surface area contributed by atoms with Crippen LogP contribution in [0.5, 0.6) is 0 Å². The summed E-state index contributed by atoms with van der Waals surface area (Å²) in [5.41, 5.74) is 1.56. The van der Waals surface area contributed by atoms with Crippen molar-refractivity contribution in [2.24, 2.45) is 0 Å². The van der Waals surface area contributed by atoms with Crippen LogP contribution >= 0.6 is 46.6 Å². The summed E-state index contributed by atoms with van der Waals surface area (Å²) in [6.45, 7) is 0.653. The molecule has 0 spiro atoms. The van der Waals surface area contributed by atoms with Crippen molar-refractivity contribution in [1.29, 1.82) is 0 Å². The maximum Gasteiger partial charge on any atom is 0.323 e. The summed E-state index contributed by atoms with van der Waals surface area (Å²) in [6, 6.07) is 12.3. The minimum absolute atomic E-state index is 0.126. The maximum atomic E-state index is 12.6. The highest BCUT2D eigenvalue weighted by Gasteiger charge is 2.32. The van der Waals surface area contributed by atoms with E-state index in [4.69, 9.17) is 34.8 Å². The van der Waals surface area contributed by atoms with E-state index in [0.717, 1.165) is 11.3 Å². The highest BCUT2D eigenvalue weighted by atomic mass is 35.5. The summed E-state index contributed by atoms with van der Waals surface area (Å²) in [6.07, 6.45) is 0. The number of nitrogens with zero attached hydrogens (tertiary/aromatic N) is 1. The Morgan fingerprint density at radius 3 is 2.65 bits per heavy atom. The van der Waals surface area contributed by atoms with Gasteiger partial charge in [-0.2, -0.15) is 0 Å². The second-order valence-corrected chi connectivity index (χ2v) is 7.49. The lowest BCUT2D eigenvalue weighted by atomic mass is 10.2. The first-order valence-electron chi connectivity index (χ1n) is 6.94. The van der Waals surface area contributed by atoms with Crippen LogP contribution in [-0.4, -0.2) is 23.2 Å². The summed E-state index contributed by atoms with van der Waals surface area (Å²) in [5, 5.41) is 4.48. The van der Waals surface area contributed by atoms with Crippen molar-refractivity contribution in [3.05, 3.63) is 63.1 Å². The predicted octanol–water partition coefficient (Wildman–Crippen LogP) is 5.93. The highest BCUT2D eigenvalue weighted by Crippen LogP contribution is 2.41. The first-order chi connectivity index (χ1) is 11.0. The van der Waals surface area contributed by atoms with Gasteiger partial charge in [-0.1, -0.05) is 46.9 Å². The molecule has 1 N–H and O–H groups in total. The Kier molecular flexibility index (Phi) is 5.27. The summed E-state index contributed by atoms with van der Waals surface area (Å²) in [7, 11) is 0. The molecule has 23 heavy (non-hydrogen) atoms. The van der Waals surface area contributed by atoms with Crippen molar-refractivity contribution in [3.63, 3.8) is 0 Å². The number of rotatable bonds is 2. The van der Waals surface area contributed by atoms with Crippen molar-refractivity contribution in [2.45, 2.75) is 5.37 Å². The molecule has 0 radical (unpaired) electrons. The molecule has 0 saturated carbocycles. The zero-order valence-electron chi connectivity index (χ0n) is 11.9. The number of anilines is 1. The molecule has 0 aliphatic carbocycles. The highest BCUT2D eigenvalue weighted by molar-refractivity contribution is 7.99. The molecule has 0 bridgehead atoms. The average Bonchev–Trinajstić information content (AvgIpc) is 2.96. The largest absolute Gasteiger partial charge is 0.323 e. The average molecular weight is 388 g/mol. The molecule has 1 fully saturated rings. The molecule has 3 nitrogen and oxygen atoms in total. The molecule has 2 amide bonds. The van der Waals surface area contributed by atoms with E-state index in [1.165, 1.54) is 0 Å². The van der Waals surface area contributed by atoms with Gasteiger partial charge < -0.3 is 10.2 Å². The molecule has 120 valence electrons. The second-order valence-electron chi connectivity index (χ2n) is 5.02. The van der Waals surface area contributed by atoms with E-state index >= 15 is 0 Å². The molecule has 2 aromatic carbocycles. The number of carbonyl (C=O) groups is 1. The molecular weight excluding hydrogens is 375 g/mol. The number of benzene rings is 2. The van der Waals surface area contributed by atoms with Gasteiger partial charge in [0, 0.05) is 38.6 Å². The van der Waals surface area contributed by atoms with Crippen molar-refractivity contribution in [1.82, 2.24) is 4.90 Å². The molecule has 2 aromatic rings. The van der Waals surface area contributed by atoms with Crippen LogP contribution in [0.2, 0.25) is 15.1 Å². The number of urea groups is 1. The minimum atomic E-state index is -0.173. The second kappa shape index (κ2) is 7.22. The monoisotopic (exact) mass is 386 g/mol. The minimum Gasteiger partial charge on any atom is -0.308 e. The maximum absolute atomic E-state index is 12.6. The van der Waals surface area contributed by atoms with Crippen LogP contribution in [0.1, 0.15) is 10.9 Å². The van der Waals surface area contributed by atoms with Crippen LogP contribution in [0.4, 0.5) is 10.5 Å². The van der Waals surface area contributed by atoms with Crippen LogP contribution in [-0.2, 0) is 0 Å². The van der Waals surface area contributed by atoms with E-state index in [2.05, 4.69) is 5.32 Å². The van der Waals surface area contributed by atoms with Crippen molar-refractivity contribution in [2.75, 3.05) is 17.6 Å². The summed E-state index contributed by atoms with van der Waals surface area (Å²) in [5.74, 6) is 0.854. The SMILES string of the molecule is O=C(Nc1cccc(Cl)c1)N1CCS[C@@H]1c1ccc(Cl)cc1Cl. The molecule has 1 saturated heterocycles. The molecule has 3 rings (SSSR count). The van der Waals surface area contributed by atoms with Gasteiger partial charge >= 0.3 is 6.03 Å². The van der Waals surface area contributed by atoms with Gasteiger partial charge in [0.05, 0.1) is 0 Å². The molecule has 1 aliphatic heterocycles. The lowest BCUT2D eigenvalue weighted by Crippen LogP contribution is -2.34. The van der Waals surface area contributed by atoms with Gasteiger partial charge in [0.25, 0.3) is 0 Å². The quantitative estimate of drug-likeness (QED) is 0.693. The fraction of sp³-hybridized carbons (Fsp3) is 0.188. The van der Waals surface area contributed by atoms with Crippen molar-refractivity contribution < 1.29 is 4.79 Å². The molecule has 1 heterocycles. The van der Waals surface area contributed by atoms with Gasteiger partial charge in [0.2, 0.25) is 0 Å². The molecule has 1 atom stereocenters. The third-order valence-corrected chi connectivity index (χ3v) is 5.50. The van der Waals surface area contributed by atoms with Gasteiger partial charge in [0.1, 0.15) is 5.37 Å². The Hall–Kier alpha value is -1.07. The zero-order valence-corrected chi connectivity index (χ0v) is 15.0. The Bertz CT molecular complexity index is 741. The number of hydrogen-bond acceptors (Lipinski definition) is 2. The Labute approximate surface area is 153 Å². The summed E-state index contributed by atoms with van der Waals surface area (Å²) in [4.78, 5) is 14.3. The van der Waals surface area contributed by atoms with Crippen LogP contribution in [0.15, 0.2) is 42.5 Å². The van der Waals surface area contributed by atoms with E-state index < -0.39 is 0 Å². The summed E-state index contributed by atoms with van der Waals surface area (Å²) >= 11 is 19.9. The lowest BCUT2D eigenvalue weighted by Gasteiger charge is -2.25. The summed E-state index contributed by atoms with van der Waals surface area (Å²) < 4.78 is 0. The fourth-order valence-electron chi connectivity index (χ4n) is 2.40. The Morgan fingerprint density at radius 1 is 1.13 bits per heavy atom. The number of thioether (sulfide) groups is 1. The molecular formula is C16H13Cl3N2OS. The lowest BCUT2D eigenvalue weighted by molar-refractivity contribution is 0.214. The Morgan fingerprint density at radius 2 is 1.91 bits per heavy atom. The van der Waals surface area contributed by atoms with Gasteiger partial charge in [-0.25, -0.2) is 4.79 Å². The first-order valence-corrected chi connectivity index (χ1v) is 9.12. The van der Waals surface area contributed by atoms with E-state index in [0.29, 0.717) is 27.3 Å². The molecule has 0 unspecified atom stereocenters. The standard InChI is InChI=1S/C16H13Cl3N2OS/c17-10-2-1-3-12(8-10)20-16(22)21-6-7-23-15(21)13-5-4-11(18)9-14(13)19/h1-5,8-9,15H,6-7H2,(H,20,22)/t15-/m1/s1. The number of carbonyl (C=O) groups excluding carboxylic acids is 1. The van der Waals surface area contributed by atoms with E-state index in [1.54, 1.807) is 53.1 Å². The number of halogens is 3. The van der Waals surface area contributed by atoms with Gasteiger partial charge in [0.15, 0.2) is 0 Å². The van der Waals surface area contributed by atoms with Gasteiger partial charge in [-0.05, 0) is 30.3 Å². The third-order valence-electron chi connectivity index (χ3n) is 3.46. The number of amides is 2. The van der Waals surface area contributed by atoms with Gasteiger partial charge in [-0.3, -0.25) is 0 Å². The van der Waals surface area contributed by atoms with Gasteiger partial charge in [-0.15, -0.1) is 11.8 Å². The topological polar surface area (TPSA) is 32.3 Å². The molecule has 0 aromatic heterocycles. The molecule has 7 heteroatoms. The molecule has 1 aliphatic rings. The van der Waals surface area contributed by atoms with E-state index in [-0.39, 0.29) is 11.4 Å². The van der Waals surface area contributed by atoms with Crippen LogP contribution < -0.4 is 5.32 Å².